The third-order valence-corrected chi connectivity index (χ3v) is 0. The fourth-order valence-electron chi connectivity index (χ4n) is 0. The molecule has 0 amide bonds. The molecule has 95 heavy (non-hydrogen) atoms. The Morgan fingerprint density at radius 3 is 0.0211 bits per heavy atom. The Labute approximate surface area is 1090 Å². The quantitative estimate of drug-likeness (QED) is 0.219. The first-order valence-corrected chi connectivity index (χ1v) is 0. The Kier molecular flexibility index (Phi) is 82100. The summed E-state index contributed by atoms with van der Waals surface area (Å²) in [6.07, 6.45) is 0. The van der Waals surface area contributed by atoms with Crippen LogP contribution in [0.15, 0.2) is 0 Å². The van der Waals surface area contributed by atoms with Crippen LogP contribution >= 0.6 is 0 Å². The smallest absolute Gasteiger partial charge is 2.00 e. The van der Waals surface area contributed by atoms with E-state index in [1.807, 2.05) is 0 Å². The Morgan fingerprint density at radius 1 is 0.0211 bits per heavy atom. The minimum atomic E-state index is 0. The predicted molar refractivity (Wildman–Crippen MR) is 34.3 cm³/mol. The van der Waals surface area contributed by atoms with E-state index in [1.54, 1.807) is 0 Å². The molecular weight excluding hydrogens is 3090 g/mol. The molecule has 0 saturated heterocycles. The van der Waals surface area contributed by atoms with Crippen LogP contribution in [0.4, 0.5) is 0 Å². The van der Waals surface area contributed by atoms with E-state index in [0.717, 1.165) is 0 Å². The minimum Gasteiger partial charge on any atom is -2.00 e. The zero-order valence-corrected chi connectivity index (χ0v) is 103. The van der Waals surface area contributed by atoms with Crippen LogP contribution in [0.1, 0.15) is 0 Å². The van der Waals surface area contributed by atoms with Crippen molar-refractivity contribution < 1.29 is 1110 Å². The molecule has 0 aromatic carbocycles. The zero-order valence-electron chi connectivity index (χ0n) is 40.5. The van der Waals surface area contributed by atoms with E-state index >= 15 is 0 Å². The van der Waals surface area contributed by atoms with Gasteiger partial charge in [0.25, 0.3) is 0 Å². The maximum absolute atomic E-state index is 0. The number of hydrogen-bond acceptors (Lipinski definition) is 0. The molecule has 0 N–H and O–H groups in total. The molecule has 0 rings (SSSR count). The van der Waals surface area contributed by atoms with Gasteiger partial charge in [-0.25, -0.2) is 0 Å². The third kappa shape index (κ3) is 2710. The molecule has 0 bridgehead atoms. The van der Waals surface area contributed by atoms with Crippen LogP contribution in [0.2, 0.25) is 0 Å². The Morgan fingerprint density at radius 2 is 0.0211 bits per heavy atom. The normalized spacial score (nSPS) is 0. The molecule has 0 aliphatic rings. The average molecular weight is 3090 g/mol. The van der Waals surface area contributed by atoms with Crippen LogP contribution in [0, 0.1) is 0 Å². The second-order valence-electron chi connectivity index (χ2n) is 0. The SMILES string of the molecule is [O-2].[O-2].[O-2].[O-2].[O-2].[O-2].[O-2].[O-2].[O-2].[O-2].[O-2].[O-2].[O-2].[O-2].[O-2].[O-2].[O-2].[O-2].[O-2].[O-2].[O-2].[O-2].[O-2].[O-2].[O-2].[O-2].[O-2].[O-2].[O-2].[O-2].[O-2].[O-2].[O-2].[O-2].[O-2].[O-2].[O-2].[O-2].[O-2].[O-2].[O-2].[O-2].[O-2].[O-2].[O-2].[O-2].[O-2].[O-2].[O-2].[O-2].[V+5].[V+5].[V+5].[V+5].[V+5].[V+5].[V+5].[V+5].[V+5].[V+5].[V+5].[V+5].[V+5].[V+5].[V+5].[V+5].[V+5].[V+5].[V+5].[V+5].[V+5].[V+5].[V+5].[V+5].[V+5].[V+5].[V+5].[V+5].[V+5].[V+5].[V+5].[V+5].[V+5].[V+5].[V+5].[V+5].[V+5].[V+5].[V+5].[V+5].[V+5].[V+5].[V+5].[V+5].[V+5]. The van der Waals surface area contributed by atoms with Crippen LogP contribution in [0.25, 0.3) is 0 Å². The van der Waals surface area contributed by atoms with Gasteiger partial charge in [0.1, 0.15) is 0 Å². The Bertz CT molecular complexity index is 94.8. The van der Waals surface area contributed by atoms with Crippen LogP contribution in [0.3, 0.4) is 0 Å². The summed E-state index contributed by atoms with van der Waals surface area (Å²) in [6, 6.07) is 0. The molecule has 0 saturated carbocycles. The maximum Gasteiger partial charge on any atom is 5.00 e. The standard InChI is InChI=1S/50O.45V/q50*-2;45*+5. The molecule has 0 atom stereocenters. The van der Waals surface area contributed by atoms with Crippen molar-refractivity contribution in [2.45, 2.75) is 0 Å². The van der Waals surface area contributed by atoms with E-state index < -0.39 is 0 Å². The minimum absolute atomic E-state index is 0. The van der Waals surface area contributed by atoms with Gasteiger partial charge < -0.3 is 274 Å². The summed E-state index contributed by atoms with van der Waals surface area (Å²) in [5.41, 5.74) is 0. The predicted octanol–water partition coefficient (Wildman–Crippen LogP) is -6.05. The van der Waals surface area contributed by atoms with Crippen molar-refractivity contribution in [3.8, 4) is 0 Å². The van der Waals surface area contributed by atoms with Gasteiger partial charge in [0.2, 0.25) is 0 Å². The van der Waals surface area contributed by atoms with E-state index in [2.05, 4.69) is 0 Å². The van der Waals surface area contributed by atoms with Crippen molar-refractivity contribution in [2.75, 3.05) is 0 Å². The van der Waals surface area contributed by atoms with Gasteiger partial charge in [0.05, 0.1) is 0 Å². The van der Waals surface area contributed by atoms with Crippen molar-refractivity contribution >= 4 is 0 Å². The van der Waals surface area contributed by atoms with E-state index in [9.17, 15) is 0 Å². The second-order valence-corrected chi connectivity index (χ2v) is 0. The summed E-state index contributed by atoms with van der Waals surface area (Å²) >= 11 is 0. The first-order valence-electron chi connectivity index (χ1n) is 0. The topological polar surface area (TPSA) is 1420 Å². The summed E-state index contributed by atoms with van der Waals surface area (Å²) in [6.45, 7) is 0. The van der Waals surface area contributed by atoms with Gasteiger partial charge in [-0.05, 0) is 0 Å². The molecular formula is O50V45+125. The Hall–Kier alpha value is 24.3. The van der Waals surface area contributed by atoms with E-state index in [0.29, 0.717) is 0 Å². The average Bonchev–Trinajstić information content (AvgIpc) is 0. The molecule has 400 valence electrons. The fraction of sp³-hybridized carbons (Fsp3) is 0. The van der Waals surface area contributed by atoms with Gasteiger partial charge in [-0.1, -0.05) is 0 Å². The fourth-order valence-corrected chi connectivity index (χ4v) is 0. The summed E-state index contributed by atoms with van der Waals surface area (Å²) in [4.78, 5) is 0. The molecule has 0 radical (unpaired) electrons. The molecule has 0 aliphatic carbocycles. The van der Waals surface area contributed by atoms with Crippen molar-refractivity contribution in [1.82, 2.24) is 0 Å². The van der Waals surface area contributed by atoms with Crippen LogP contribution in [-0.4, -0.2) is 0 Å². The monoisotopic (exact) mass is 3090 g/mol. The van der Waals surface area contributed by atoms with Crippen LogP contribution in [0.5, 0.6) is 0 Å². The summed E-state index contributed by atoms with van der Waals surface area (Å²) < 4.78 is 0. The van der Waals surface area contributed by atoms with E-state index in [-0.39, 0.29) is 1110 Å². The largest absolute Gasteiger partial charge is 5.00 e. The first-order chi connectivity index (χ1) is 0. The summed E-state index contributed by atoms with van der Waals surface area (Å²) in [5.74, 6) is 0. The maximum atomic E-state index is 0. The zero-order chi connectivity index (χ0) is 0. The molecule has 0 aromatic heterocycles. The van der Waals surface area contributed by atoms with E-state index in [4.69, 9.17) is 0 Å². The van der Waals surface area contributed by atoms with Gasteiger partial charge in [-0.3, -0.25) is 0 Å². The third-order valence-electron chi connectivity index (χ3n) is 0. The van der Waals surface area contributed by atoms with Crippen molar-refractivity contribution in [2.24, 2.45) is 0 Å². The molecule has 95 heteroatoms. The molecule has 50 nitrogen and oxygen atoms in total. The second kappa shape index (κ2) is 2760. The summed E-state index contributed by atoms with van der Waals surface area (Å²) in [7, 11) is 0. The number of rotatable bonds is 0. The molecule has 0 heterocycles. The van der Waals surface area contributed by atoms with Gasteiger partial charge in [0.15, 0.2) is 0 Å². The van der Waals surface area contributed by atoms with Gasteiger partial charge >= 0.3 is 835 Å². The Balaban J connectivity index is 0. The van der Waals surface area contributed by atoms with Crippen molar-refractivity contribution in [3.05, 3.63) is 0 Å². The molecule has 0 unspecified atom stereocenters. The van der Waals surface area contributed by atoms with Gasteiger partial charge in [-0.2, -0.15) is 0 Å². The summed E-state index contributed by atoms with van der Waals surface area (Å²) in [5, 5.41) is 0. The van der Waals surface area contributed by atoms with Gasteiger partial charge in [-0.15, -0.1) is 0 Å². The van der Waals surface area contributed by atoms with Crippen molar-refractivity contribution in [3.63, 3.8) is 0 Å². The van der Waals surface area contributed by atoms with Crippen LogP contribution in [-0.2, 0) is 1110 Å². The molecule has 0 aliphatic heterocycles. The molecule has 0 spiro atoms. The first kappa shape index (κ1) is 2830. The van der Waals surface area contributed by atoms with Crippen molar-refractivity contribution in [1.29, 1.82) is 0 Å². The molecule has 0 aromatic rings. The van der Waals surface area contributed by atoms with Crippen LogP contribution < -0.4 is 0 Å². The van der Waals surface area contributed by atoms with Gasteiger partial charge in [0, 0.05) is 0 Å². The number of hydrogen-bond donors (Lipinski definition) is 0. The van der Waals surface area contributed by atoms with E-state index in [1.165, 1.54) is 0 Å². The molecule has 0 fully saturated rings.